The third-order valence-corrected chi connectivity index (χ3v) is 7.63. The number of carbonyl (C=O) groups is 1. The molecule has 0 aliphatic carbocycles. The molecule has 2 heterocycles. The zero-order valence-corrected chi connectivity index (χ0v) is 17.5. The SMILES string of the molecule is O=C1CN(CCc2ccc(F)cc2)[C@H]2CS(=O)(=O)C[C@H]2N1c1ccc(Br)cc1. The number of halogens is 2. The van der Waals surface area contributed by atoms with Crippen LogP contribution in [0.4, 0.5) is 10.1 Å². The van der Waals surface area contributed by atoms with E-state index in [-0.39, 0.29) is 41.9 Å². The van der Waals surface area contributed by atoms with Crippen molar-refractivity contribution in [2.24, 2.45) is 0 Å². The molecule has 8 heteroatoms. The van der Waals surface area contributed by atoms with Crippen LogP contribution in [-0.2, 0) is 21.1 Å². The van der Waals surface area contributed by atoms with Crippen molar-refractivity contribution in [3.63, 3.8) is 0 Å². The predicted molar refractivity (Wildman–Crippen MR) is 110 cm³/mol. The van der Waals surface area contributed by atoms with Gasteiger partial charge in [-0.15, -0.1) is 0 Å². The van der Waals surface area contributed by atoms with Gasteiger partial charge in [-0.3, -0.25) is 9.69 Å². The molecule has 2 aliphatic heterocycles. The molecule has 1 amide bonds. The Morgan fingerprint density at radius 3 is 2.32 bits per heavy atom. The van der Waals surface area contributed by atoms with Crippen molar-refractivity contribution in [1.29, 1.82) is 0 Å². The molecule has 4 rings (SSSR count). The molecule has 2 aromatic rings. The number of piperazine rings is 1. The number of rotatable bonds is 4. The van der Waals surface area contributed by atoms with Gasteiger partial charge < -0.3 is 4.90 Å². The van der Waals surface area contributed by atoms with Gasteiger partial charge in [0.15, 0.2) is 9.84 Å². The van der Waals surface area contributed by atoms with Gasteiger partial charge in [0.1, 0.15) is 5.82 Å². The first-order valence-electron chi connectivity index (χ1n) is 9.09. The molecule has 28 heavy (non-hydrogen) atoms. The van der Waals surface area contributed by atoms with E-state index >= 15 is 0 Å². The molecule has 0 bridgehead atoms. The maximum absolute atomic E-state index is 13.1. The minimum Gasteiger partial charge on any atom is -0.306 e. The molecule has 0 N–H and O–H groups in total. The fourth-order valence-corrected chi connectivity index (χ4v) is 6.31. The molecule has 2 aromatic carbocycles. The highest BCUT2D eigenvalue weighted by Gasteiger charge is 2.49. The van der Waals surface area contributed by atoms with Crippen LogP contribution < -0.4 is 4.90 Å². The molecule has 2 fully saturated rings. The Morgan fingerprint density at radius 1 is 1.00 bits per heavy atom. The van der Waals surface area contributed by atoms with Crippen molar-refractivity contribution in [1.82, 2.24) is 4.90 Å². The van der Waals surface area contributed by atoms with Crippen molar-refractivity contribution in [2.75, 3.05) is 29.5 Å². The summed E-state index contributed by atoms with van der Waals surface area (Å²) in [6, 6.07) is 13.0. The van der Waals surface area contributed by atoms with Gasteiger partial charge in [0.2, 0.25) is 5.91 Å². The molecule has 2 saturated heterocycles. The largest absolute Gasteiger partial charge is 0.306 e. The molecule has 0 saturated carbocycles. The van der Waals surface area contributed by atoms with E-state index in [1.54, 1.807) is 17.0 Å². The maximum atomic E-state index is 13.1. The fourth-order valence-electron chi connectivity index (χ4n) is 4.06. The summed E-state index contributed by atoms with van der Waals surface area (Å²) in [5, 5.41) is 0. The molecule has 2 aliphatic rings. The van der Waals surface area contributed by atoms with Gasteiger partial charge in [0, 0.05) is 22.7 Å². The number of nitrogens with zero attached hydrogens (tertiary/aromatic N) is 2. The van der Waals surface area contributed by atoms with E-state index in [0.717, 1.165) is 15.7 Å². The van der Waals surface area contributed by atoms with Crippen LogP contribution in [0, 0.1) is 5.82 Å². The fraction of sp³-hybridized carbons (Fsp3) is 0.350. The van der Waals surface area contributed by atoms with Crippen molar-refractivity contribution in [3.05, 3.63) is 64.4 Å². The first-order valence-corrected chi connectivity index (χ1v) is 11.7. The van der Waals surface area contributed by atoms with Gasteiger partial charge in [0.25, 0.3) is 0 Å². The first-order chi connectivity index (χ1) is 13.3. The highest BCUT2D eigenvalue weighted by atomic mass is 79.9. The summed E-state index contributed by atoms with van der Waals surface area (Å²) in [5.74, 6) is -0.350. The topological polar surface area (TPSA) is 57.7 Å². The monoisotopic (exact) mass is 466 g/mol. The van der Waals surface area contributed by atoms with Gasteiger partial charge in [-0.2, -0.15) is 0 Å². The molecule has 2 atom stereocenters. The van der Waals surface area contributed by atoms with Gasteiger partial charge in [-0.25, -0.2) is 12.8 Å². The molecular weight excluding hydrogens is 447 g/mol. The number of carbonyl (C=O) groups excluding carboxylic acids is 1. The third kappa shape index (κ3) is 3.99. The van der Waals surface area contributed by atoms with Crippen molar-refractivity contribution < 1.29 is 17.6 Å². The van der Waals surface area contributed by atoms with E-state index in [0.29, 0.717) is 13.0 Å². The zero-order chi connectivity index (χ0) is 19.9. The van der Waals surface area contributed by atoms with E-state index in [1.165, 1.54) is 12.1 Å². The average Bonchev–Trinajstić information content (AvgIpc) is 2.97. The van der Waals surface area contributed by atoms with Crippen LogP contribution in [0.25, 0.3) is 0 Å². The van der Waals surface area contributed by atoms with E-state index in [4.69, 9.17) is 0 Å². The second-order valence-electron chi connectivity index (χ2n) is 7.30. The lowest BCUT2D eigenvalue weighted by Gasteiger charge is -2.43. The minimum absolute atomic E-state index is 0.0213. The van der Waals surface area contributed by atoms with Gasteiger partial charge in [-0.05, 0) is 48.4 Å². The Balaban J connectivity index is 1.57. The van der Waals surface area contributed by atoms with Crippen molar-refractivity contribution in [3.8, 4) is 0 Å². The Kier molecular flexibility index (Phi) is 5.28. The molecule has 0 aromatic heterocycles. The second-order valence-corrected chi connectivity index (χ2v) is 10.4. The van der Waals surface area contributed by atoms with Crippen LogP contribution in [-0.4, -0.2) is 55.9 Å². The highest BCUT2D eigenvalue weighted by Crippen LogP contribution is 2.32. The minimum atomic E-state index is -3.22. The summed E-state index contributed by atoms with van der Waals surface area (Å²) in [6.07, 6.45) is 0.634. The first kappa shape index (κ1) is 19.5. The number of hydrogen-bond donors (Lipinski definition) is 0. The molecule has 0 spiro atoms. The number of amides is 1. The summed E-state index contributed by atoms with van der Waals surface area (Å²) >= 11 is 3.38. The van der Waals surface area contributed by atoms with E-state index < -0.39 is 9.84 Å². The Labute approximate surface area is 172 Å². The molecule has 5 nitrogen and oxygen atoms in total. The Hall–Kier alpha value is -1.77. The number of sulfone groups is 1. The summed E-state index contributed by atoms with van der Waals surface area (Å²) in [5.41, 5.74) is 1.68. The van der Waals surface area contributed by atoms with E-state index in [1.807, 2.05) is 29.2 Å². The Morgan fingerprint density at radius 2 is 1.64 bits per heavy atom. The van der Waals surface area contributed by atoms with Gasteiger partial charge in [0.05, 0.1) is 24.1 Å². The highest BCUT2D eigenvalue weighted by molar-refractivity contribution is 9.10. The molecular formula is C20H20BrFN2O3S. The molecule has 148 valence electrons. The van der Waals surface area contributed by atoms with Crippen LogP contribution in [0.15, 0.2) is 53.0 Å². The van der Waals surface area contributed by atoms with Crippen LogP contribution in [0.1, 0.15) is 5.56 Å². The summed E-state index contributed by atoms with van der Waals surface area (Å²) in [7, 11) is -3.22. The quantitative estimate of drug-likeness (QED) is 0.694. The standard InChI is InChI=1S/C20H20BrFN2O3S/c21-15-3-7-17(8-4-15)24-19-13-28(26,27)12-18(19)23(11-20(24)25)10-9-14-1-5-16(22)6-2-14/h1-8,18-19H,9-13H2/t18-,19+/m0/s1. The normalized spacial score (nSPS) is 24.4. The molecule has 0 radical (unpaired) electrons. The van der Waals surface area contributed by atoms with Crippen LogP contribution in [0.3, 0.4) is 0 Å². The maximum Gasteiger partial charge on any atom is 0.241 e. The summed E-state index contributed by atoms with van der Waals surface area (Å²) in [4.78, 5) is 16.5. The van der Waals surface area contributed by atoms with Crippen LogP contribution in [0.5, 0.6) is 0 Å². The number of hydrogen-bond acceptors (Lipinski definition) is 4. The Bertz CT molecular complexity index is 980. The smallest absolute Gasteiger partial charge is 0.241 e. The molecule has 0 unspecified atom stereocenters. The number of anilines is 1. The van der Waals surface area contributed by atoms with Crippen LogP contribution >= 0.6 is 15.9 Å². The second kappa shape index (κ2) is 7.57. The van der Waals surface area contributed by atoms with E-state index in [9.17, 15) is 17.6 Å². The lowest BCUT2D eigenvalue weighted by atomic mass is 10.0. The van der Waals surface area contributed by atoms with Gasteiger partial charge in [-0.1, -0.05) is 28.1 Å². The van der Waals surface area contributed by atoms with Crippen molar-refractivity contribution >= 4 is 37.4 Å². The van der Waals surface area contributed by atoms with Crippen LogP contribution in [0.2, 0.25) is 0 Å². The number of benzene rings is 2. The summed E-state index contributed by atoms with van der Waals surface area (Å²) < 4.78 is 38.7. The van der Waals surface area contributed by atoms with E-state index in [2.05, 4.69) is 15.9 Å². The zero-order valence-electron chi connectivity index (χ0n) is 15.1. The lowest BCUT2D eigenvalue weighted by molar-refractivity contribution is -0.123. The average molecular weight is 467 g/mol. The lowest BCUT2D eigenvalue weighted by Crippen LogP contribution is -2.62. The third-order valence-electron chi connectivity index (χ3n) is 5.41. The predicted octanol–water partition coefficient (Wildman–Crippen LogP) is 2.65. The number of fused-ring (bicyclic) bond motifs is 1. The summed E-state index contributed by atoms with van der Waals surface area (Å²) in [6.45, 7) is 0.732. The van der Waals surface area contributed by atoms with Crippen molar-refractivity contribution in [2.45, 2.75) is 18.5 Å². The van der Waals surface area contributed by atoms with Gasteiger partial charge >= 0.3 is 0 Å².